The minimum absolute atomic E-state index is 0.00389. The molecule has 5 atom stereocenters. The number of nitrogens with one attached hydrogen (secondary N) is 2. The van der Waals surface area contributed by atoms with Gasteiger partial charge in [0, 0.05) is 24.9 Å². The van der Waals surface area contributed by atoms with Crippen molar-refractivity contribution in [1.82, 2.24) is 20.4 Å². The van der Waals surface area contributed by atoms with Crippen molar-refractivity contribution in [2.45, 2.75) is 97.1 Å². The van der Waals surface area contributed by atoms with Gasteiger partial charge in [0.2, 0.25) is 17.7 Å². The predicted octanol–water partition coefficient (Wildman–Crippen LogP) is 4.02. The van der Waals surface area contributed by atoms with Gasteiger partial charge in [-0.2, -0.15) is 0 Å². The first kappa shape index (κ1) is 36.6. The van der Waals surface area contributed by atoms with Crippen molar-refractivity contribution < 1.29 is 33.8 Å². The van der Waals surface area contributed by atoms with Gasteiger partial charge in [0.05, 0.1) is 6.04 Å². The summed E-state index contributed by atoms with van der Waals surface area (Å²) >= 11 is 0. The predicted molar refractivity (Wildman–Crippen MR) is 175 cm³/mol. The summed E-state index contributed by atoms with van der Waals surface area (Å²) in [4.78, 5) is 71.1. The Morgan fingerprint density at radius 1 is 1.06 bits per heavy atom. The number of benzene rings is 2. The molecule has 1 aliphatic rings. The van der Waals surface area contributed by atoms with Crippen LogP contribution in [-0.2, 0) is 30.3 Å². The molecule has 2 aromatic carbocycles. The number of amides is 4. The second kappa shape index (κ2) is 14.7. The van der Waals surface area contributed by atoms with Crippen LogP contribution < -0.4 is 10.6 Å². The van der Waals surface area contributed by atoms with Crippen molar-refractivity contribution in [3.63, 3.8) is 0 Å². The molecular weight excluding hydrogens is 606 g/mol. The number of hydrogen-bond acceptors (Lipinski definition) is 7. The van der Waals surface area contributed by atoms with Crippen LogP contribution in [0.25, 0.3) is 21.2 Å². The lowest BCUT2D eigenvalue weighted by Crippen LogP contribution is -2.60. The normalized spacial score (nSPS) is 18.3. The van der Waals surface area contributed by atoms with Crippen LogP contribution in [0.5, 0.6) is 0 Å². The molecule has 3 unspecified atom stereocenters. The summed E-state index contributed by atoms with van der Waals surface area (Å²) in [5.41, 5.74) is 8.16. The SMILES string of the molecule is CC(C(=O)NC(C(=O)N1C[C@@H](N=[N+]=[N-])C[C@H]1C(=O)NC(Cc1ccc2ccccc2c1)C(=O)O)C(C)(C)C)N(C)C(=O)OC(C)(C)C. The third kappa shape index (κ3) is 9.58. The topological polar surface area (TPSA) is 194 Å². The number of azide groups is 1. The fourth-order valence-corrected chi connectivity index (χ4v) is 5.28. The lowest BCUT2D eigenvalue weighted by Gasteiger charge is -2.37. The molecule has 3 N–H and O–H groups in total. The molecule has 1 saturated heterocycles. The molecule has 0 saturated carbocycles. The van der Waals surface area contributed by atoms with Gasteiger partial charge in [0.25, 0.3) is 0 Å². The zero-order chi connectivity index (χ0) is 35.3. The Labute approximate surface area is 274 Å². The van der Waals surface area contributed by atoms with E-state index in [1.807, 2.05) is 36.4 Å². The Balaban J connectivity index is 1.83. The number of fused-ring (bicyclic) bond motifs is 1. The van der Waals surface area contributed by atoms with Gasteiger partial charge in [-0.3, -0.25) is 19.3 Å². The highest BCUT2D eigenvalue weighted by atomic mass is 16.6. The first-order valence-corrected chi connectivity index (χ1v) is 15.4. The van der Waals surface area contributed by atoms with Crippen LogP contribution >= 0.6 is 0 Å². The molecule has 0 radical (unpaired) electrons. The highest BCUT2D eigenvalue weighted by Crippen LogP contribution is 2.28. The van der Waals surface area contributed by atoms with Gasteiger partial charge in [-0.05, 0) is 61.4 Å². The van der Waals surface area contributed by atoms with Crippen molar-refractivity contribution in [3.05, 3.63) is 58.5 Å². The maximum Gasteiger partial charge on any atom is 0.410 e. The number of likely N-dealkylation sites (N-methyl/N-ethyl adjacent to an activating group) is 1. The largest absolute Gasteiger partial charge is 0.480 e. The maximum absolute atomic E-state index is 14.1. The van der Waals surface area contributed by atoms with E-state index in [-0.39, 0.29) is 19.4 Å². The highest BCUT2D eigenvalue weighted by Gasteiger charge is 2.46. The van der Waals surface area contributed by atoms with Crippen LogP contribution in [0.3, 0.4) is 0 Å². The summed E-state index contributed by atoms with van der Waals surface area (Å²) in [7, 11) is 1.41. The van der Waals surface area contributed by atoms with E-state index in [0.29, 0.717) is 5.56 Å². The number of nitrogens with zero attached hydrogens (tertiary/aromatic N) is 5. The van der Waals surface area contributed by atoms with Gasteiger partial charge in [0.15, 0.2) is 0 Å². The lowest BCUT2D eigenvalue weighted by atomic mass is 9.85. The summed E-state index contributed by atoms with van der Waals surface area (Å²) in [5, 5.41) is 20.9. The number of carboxylic acid groups (broad SMARTS) is 1. The van der Waals surface area contributed by atoms with Gasteiger partial charge >= 0.3 is 12.1 Å². The third-order valence-electron chi connectivity index (χ3n) is 7.99. The minimum Gasteiger partial charge on any atom is -0.480 e. The van der Waals surface area contributed by atoms with Crippen molar-refractivity contribution in [3.8, 4) is 0 Å². The molecule has 14 heteroatoms. The highest BCUT2D eigenvalue weighted by molar-refractivity contribution is 5.95. The first-order chi connectivity index (χ1) is 21.8. The Morgan fingerprint density at radius 2 is 1.70 bits per heavy atom. The average Bonchev–Trinajstić information content (AvgIpc) is 3.41. The van der Waals surface area contributed by atoms with Gasteiger partial charge in [-0.1, -0.05) is 68.4 Å². The quantitative estimate of drug-likeness (QED) is 0.196. The Morgan fingerprint density at radius 3 is 2.28 bits per heavy atom. The number of rotatable bonds is 10. The van der Waals surface area contributed by atoms with Crippen molar-refractivity contribution >= 4 is 40.6 Å². The number of hydrogen-bond donors (Lipinski definition) is 3. The molecule has 0 bridgehead atoms. The summed E-state index contributed by atoms with van der Waals surface area (Å²) in [5.74, 6) is -3.22. The van der Waals surface area contributed by atoms with Crippen molar-refractivity contribution in [1.29, 1.82) is 0 Å². The number of aliphatic carboxylic acids is 1. The molecule has 1 fully saturated rings. The number of likely N-dealkylation sites (tertiary alicyclic amines) is 1. The molecule has 0 aliphatic carbocycles. The standard InChI is InChI=1S/C33H45N7O7/c1-19(39(8)31(46)47-33(5,6)7)27(41)36-26(32(2,3)4)29(43)40-18-23(37-38-34)17-25(40)28(42)35-24(30(44)45)16-20-13-14-21-11-9-10-12-22(21)15-20/h9-15,19,23-26H,16-18H2,1-8H3,(H,35,42)(H,36,41)(H,44,45)/t19?,23-,24?,25-,26?/m0/s1. The van der Waals surface area contributed by atoms with Gasteiger partial charge in [0.1, 0.15) is 29.8 Å². The fourth-order valence-electron chi connectivity index (χ4n) is 5.28. The van der Waals surface area contributed by atoms with E-state index in [0.717, 1.165) is 15.7 Å². The zero-order valence-electron chi connectivity index (χ0n) is 28.2. The summed E-state index contributed by atoms with van der Waals surface area (Å²) in [6.07, 6.45) is -0.758. The monoisotopic (exact) mass is 651 g/mol. The summed E-state index contributed by atoms with van der Waals surface area (Å²) in [6, 6.07) is 7.77. The van der Waals surface area contributed by atoms with E-state index >= 15 is 0 Å². The van der Waals surface area contributed by atoms with E-state index < -0.39 is 71.0 Å². The molecule has 3 rings (SSSR count). The van der Waals surface area contributed by atoms with E-state index in [4.69, 9.17) is 10.3 Å². The molecule has 0 spiro atoms. The fraction of sp³-hybridized carbons (Fsp3) is 0.545. The Kier molecular flexibility index (Phi) is 11.5. The van der Waals surface area contributed by atoms with E-state index in [2.05, 4.69) is 20.7 Å². The van der Waals surface area contributed by atoms with E-state index in [1.54, 1.807) is 47.6 Å². The van der Waals surface area contributed by atoms with E-state index in [1.165, 1.54) is 18.9 Å². The number of carbonyl (C=O) groups is 5. The van der Waals surface area contributed by atoms with Crippen LogP contribution in [0.15, 0.2) is 47.6 Å². The second-order valence-electron chi connectivity index (χ2n) is 14.0. The molecule has 4 amide bonds. The smallest absolute Gasteiger partial charge is 0.410 e. The molecule has 14 nitrogen and oxygen atoms in total. The number of ether oxygens (including phenoxy) is 1. The van der Waals surface area contributed by atoms with Crippen LogP contribution in [0.4, 0.5) is 4.79 Å². The van der Waals surface area contributed by atoms with Crippen LogP contribution in [0.2, 0.25) is 0 Å². The summed E-state index contributed by atoms with van der Waals surface area (Å²) < 4.78 is 5.36. The molecule has 254 valence electrons. The number of carbonyl (C=O) groups excluding carboxylic acids is 4. The Bertz CT molecular complexity index is 1560. The van der Waals surface area contributed by atoms with Gasteiger partial charge in [-0.25, -0.2) is 9.59 Å². The zero-order valence-corrected chi connectivity index (χ0v) is 28.2. The van der Waals surface area contributed by atoms with Gasteiger partial charge < -0.3 is 25.4 Å². The Hall–Kier alpha value is -4.84. The lowest BCUT2D eigenvalue weighted by molar-refractivity contribution is -0.146. The molecular formula is C33H45N7O7. The van der Waals surface area contributed by atoms with Crippen LogP contribution in [0.1, 0.15) is 60.5 Å². The first-order valence-electron chi connectivity index (χ1n) is 15.4. The molecule has 47 heavy (non-hydrogen) atoms. The molecule has 0 aromatic heterocycles. The molecule has 1 heterocycles. The van der Waals surface area contributed by atoms with Crippen LogP contribution in [-0.4, -0.2) is 94.1 Å². The third-order valence-corrected chi connectivity index (χ3v) is 7.99. The van der Waals surface area contributed by atoms with Gasteiger partial charge in [-0.15, -0.1) is 0 Å². The average molecular weight is 652 g/mol. The minimum atomic E-state index is -1.30. The summed E-state index contributed by atoms with van der Waals surface area (Å²) in [6.45, 7) is 11.7. The maximum atomic E-state index is 14.1. The molecule has 1 aliphatic heterocycles. The van der Waals surface area contributed by atoms with Crippen LogP contribution in [0, 0.1) is 5.41 Å². The number of carboxylic acids is 1. The van der Waals surface area contributed by atoms with E-state index in [9.17, 15) is 29.1 Å². The van der Waals surface area contributed by atoms with Crippen molar-refractivity contribution in [2.75, 3.05) is 13.6 Å². The molecule has 2 aromatic rings. The van der Waals surface area contributed by atoms with Crippen molar-refractivity contribution in [2.24, 2.45) is 10.5 Å². The second-order valence-corrected chi connectivity index (χ2v) is 14.0.